The van der Waals surface area contributed by atoms with Crippen LogP contribution in [0, 0.1) is 11.3 Å². The van der Waals surface area contributed by atoms with Gasteiger partial charge in [-0.25, -0.2) is 0 Å². The molecule has 0 spiro atoms. The van der Waals surface area contributed by atoms with Crippen molar-refractivity contribution < 1.29 is 5.11 Å². The second-order valence-electron chi connectivity index (χ2n) is 3.38. The molecule has 2 rings (SSSR count). The molecular weight excluding hydrogens is 214 g/mol. The van der Waals surface area contributed by atoms with Crippen LogP contribution in [0.1, 0.15) is 5.56 Å². The minimum Gasteiger partial charge on any atom is -0.508 e. The van der Waals surface area contributed by atoms with Crippen LogP contribution in [0.5, 0.6) is 5.75 Å². The minimum atomic E-state index is 0.197. The number of azo groups is 1. The molecule has 0 saturated carbocycles. The maximum absolute atomic E-state index is 9.10. The quantitative estimate of drug-likeness (QED) is 0.789. The Kier molecular flexibility index (Phi) is 3.13. The highest BCUT2D eigenvalue weighted by Crippen LogP contribution is 2.20. The van der Waals surface area contributed by atoms with Gasteiger partial charge in [0.15, 0.2) is 0 Å². The van der Waals surface area contributed by atoms with Gasteiger partial charge in [0.1, 0.15) is 5.75 Å². The van der Waals surface area contributed by atoms with E-state index in [0.717, 1.165) is 0 Å². The standard InChI is InChI=1S/C13H9N3O/c14-9-10-1-3-11(4-2-10)15-16-12-5-7-13(17)8-6-12/h1-8,17H. The summed E-state index contributed by atoms with van der Waals surface area (Å²) in [5, 5.41) is 25.8. The van der Waals surface area contributed by atoms with Crippen molar-refractivity contribution in [2.24, 2.45) is 10.2 Å². The number of hydrogen-bond donors (Lipinski definition) is 1. The summed E-state index contributed by atoms with van der Waals surface area (Å²) in [6, 6.07) is 15.3. The molecule has 4 heteroatoms. The molecule has 82 valence electrons. The van der Waals surface area contributed by atoms with E-state index in [-0.39, 0.29) is 5.75 Å². The van der Waals surface area contributed by atoms with E-state index < -0.39 is 0 Å². The van der Waals surface area contributed by atoms with E-state index in [1.165, 1.54) is 0 Å². The van der Waals surface area contributed by atoms with Gasteiger partial charge in [0, 0.05) is 0 Å². The van der Waals surface area contributed by atoms with Crippen LogP contribution in [0.4, 0.5) is 11.4 Å². The maximum atomic E-state index is 9.10. The number of benzene rings is 2. The first kappa shape index (κ1) is 10.8. The Hall–Kier alpha value is -2.67. The smallest absolute Gasteiger partial charge is 0.115 e. The lowest BCUT2D eigenvalue weighted by Gasteiger charge is -1.94. The molecule has 1 N–H and O–H groups in total. The van der Waals surface area contributed by atoms with Crippen LogP contribution < -0.4 is 0 Å². The summed E-state index contributed by atoms with van der Waals surface area (Å²) in [5.74, 6) is 0.197. The van der Waals surface area contributed by atoms with Gasteiger partial charge in [-0.2, -0.15) is 15.5 Å². The van der Waals surface area contributed by atoms with Crippen LogP contribution in [-0.2, 0) is 0 Å². The van der Waals surface area contributed by atoms with E-state index in [1.54, 1.807) is 48.5 Å². The third kappa shape index (κ3) is 2.89. The molecule has 0 aliphatic rings. The average molecular weight is 223 g/mol. The predicted octanol–water partition coefficient (Wildman–Crippen LogP) is 3.68. The molecule has 4 nitrogen and oxygen atoms in total. The maximum Gasteiger partial charge on any atom is 0.115 e. The van der Waals surface area contributed by atoms with Gasteiger partial charge < -0.3 is 5.11 Å². The average Bonchev–Trinajstić information content (AvgIpc) is 2.39. The van der Waals surface area contributed by atoms with Crippen molar-refractivity contribution >= 4 is 11.4 Å². The molecule has 0 amide bonds. The molecule has 0 aliphatic heterocycles. The topological polar surface area (TPSA) is 68.7 Å². The SMILES string of the molecule is N#Cc1ccc(N=Nc2ccc(O)cc2)cc1. The second-order valence-corrected chi connectivity index (χ2v) is 3.38. The summed E-state index contributed by atoms with van der Waals surface area (Å²) in [7, 11) is 0. The van der Waals surface area contributed by atoms with Crippen LogP contribution in [0.25, 0.3) is 0 Å². The second kappa shape index (κ2) is 4.90. The van der Waals surface area contributed by atoms with Crippen molar-refractivity contribution in [2.45, 2.75) is 0 Å². The zero-order valence-corrected chi connectivity index (χ0v) is 8.91. The van der Waals surface area contributed by atoms with Crippen LogP contribution in [0.15, 0.2) is 58.8 Å². The molecule has 0 bridgehead atoms. The lowest BCUT2D eigenvalue weighted by Crippen LogP contribution is -1.70. The number of phenolic OH excluding ortho intramolecular Hbond substituents is 1. The summed E-state index contributed by atoms with van der Waals surface area (Å²) in [6.07, 6.45) is 0. The molecule has 0 fully saturated rings. The van der Waals surface area contributed by atoms with Gasteiger partial charge in [0.05, 0.1) is 23.0 Å². The third-order valence-corrected chi connectivity index (χ3v) is 2.13. The first-order valence-corrected chi connectivity index (χ1v) is 4.99. The van der Waals surface area contributed by atoms with Crippen LogP contribution >= 0.6 is 0 Å². The first-order valence-electron chi connectivity index (χ1n) is 4.99. The fraction of sp³-hybridized carbons (Fsp3) is 0. The zero-order chi connectivity index (χ0) is 12.1. The van der Waals surface area contributed by atoms with Crippen molar-refractivity contribution in [1.29, 1.82) is 5.26 Å². The van der Waals surface area contributed by atoms with E-state index in [9.17, 15) is 0 Å². The summed E-state index contributed by atoms with van der Waals surface area (Å²) >= 11 is 0. The number of aromatic hydroxyl groups is 1. The molecule has 0 radical (unpaired) electrons. The number of nitrogens with zero attached hydrogens (tertiary/aromatic N) is 3. The predicted molar refractivity (Wildman–Crippen MR) is 63.4 cm³/mol. The number of hydrogen-bond acceptors (Lipinski definition) is 4. The molecule has 0 aliphatic carbocycles. The van der Waals surface area contributed by atoms with Gasteiger partial charge >= 0.3 is 0 Å². The van der Waals surface area contributed by atoms with E-state index in [0.29, 0.717) is 16.9 Å². The van der Waals surface area contributed by atoms with Crippen molar-refractivity contribution in [3.63, 3.8) is 0 Å². The molecular formula is C13H9N3O. The Morgan fingerprint density at radius 3 is 1.76 bits per heavy atom. The molecule has 2 aromatic rings. The number of phenols is 1. The molecule has 0 unspecified atom stereocenters. The Balaban J connectivity index is 2.14. The lowest BCUT2D eigenvalue weighted by atomic mass is 10.2. The van der Waals surface area contributed by atoms with Gasteiger partial charge in [-0.3, -0.25) is 0 Å². The monoisotopic (exact) mass is 223 g/mol. The van der Waals surface area contributed by atoms with E-state index in [4.69, 9.17) is 10.4 Å². The van der Waals surface area contributed by atoms with Crippen LogP contribution in [-0.4, -0.2) is 5.11 Å². The Morgan fingerprint density at radius 2 is 1.29 bits per heavy atom. The highest BCUT2D eigenvalue weighted by molar-refractivity contribution is 5.44. The van der Waals surface area contributed by atoms with Crippen LogP contribution in [0.3, 0.4) is 0 Å². The molecule has 2 aromatic carbocycles. The Labute approximate surface area is 98.5 Å². The summed E-state index contributed by atoms with van der Waals surface area (Å²) in [6.45, 7) is 0. The highest BCUT2D eigenvalue weighted by Gasteiger charge is 1.92. The van der Waals surface area contributed by atoms with E-state index in [2.05, 4.69) is 10.2 Å². The minimum absolute atomic E-state index is 0.197. The number of nitriles is 1. The van der Waals surface area contributed by atoms with Gasteiger partial charge in [-0.15, -0.1) is 0 Å². The summed E-state index contributed by atoms with van der Waals surface area (Å²) in [5.41, 5.74) is 1.93. The zero-order valence-electron chi connectivity index (χ0n) is 8.91. The van der Waals surface area contributed by atoms with Crippen molar-refractivity contribution in [1.82, 2.24) is 0 Å². The van der Waals surface area contributed by atoms with Crippen LogP contribution in [0.2, 0.25) is 0 Å². The normalized spacial score (nSPS) is 10.3. The lowest BCUT2D eigenvalue weighted by molar-refractivity contribution is 0.475. The van der Waals surface area contributed by atoms with Gasteiger partial charge in [0.25, 0.3) is 0 Å². The third-order valence-electron chi connectivity index (χ3n) is 2.13. The fourth-order valence-electron chi connectivity index (χ4n) is 1.24. The largest absolute Gasteiger partial charge is 0.508 e. The molecule has 0 heterocycles. The molecule has 0 aromatic heterocycles. The Morgan fingerprint density at radius 1 is 0.824 bits per heavy atom. The Bertz CT molecular complexity index is 565. The van der Waals surface area contributed by atoms with E-state index in [1.807, 2.05) is 6.07 Å². The van der Waals surface area contributed by atoms with E-state index >= 15 is 0 Å². The summed E-state index contributed by atoms with van der Waals surface area (Å²) in [4.78, 5) is 0. The van der Waals surface area contributed by atoms with Gasteiger partial charge in [-0.1, -0.05) is 0 Å². The molecule has 0 saturated heterocycles. The summed E-state index contributed by atoms with van der Waals surface area (Å²) < 4.78 is 0. The fourth-order valence-corrected chi connectivity index (χ4v) is 1.24. The van der Waals surface area contributed by atoms with Crippen molar-refractivity contribution in [3.8, 4) is 11.8 Å². The highest BCUT2D eigenvalue weighted by atomic mass is 16.3. The van der Waals surface area contributed by atoms with Crippen molar-refractivity contribution in [3.05, 3.63) is 54.1 Å². The van der Waals surface area contributed by atoms with Gasteiger partial charge in [0.2, 0.25) is 0 Å². The molecule has 0 atom stereocenters. The number of rotatable bonds is 2. The molecule has 17 heavy (non-hydrogen) atoms. The van der Waals surface area contributed by atoms with Crippen molar-refractivity contribution in [2.75, 3.05) is 0 Å². The first-order chi connectivity index (χ1) is 8.28. The van der Waals surface area contributed by atoms with Gasteiger partial charge in [-0.05, 0) is 48.5 Å².